The zero-order chi connectivity index (χ0) is 11.7. The first-order valence-corrected chi connectivity index (χ1v) is 7.74. The van der Waals surface area contributed by atoms with Gasteiger partial charge >= 0.3 is 0 Å². The second-order valence-electron chi connectivity index (χ2n) is 6.91. The molecule has 1 aliphatic heterocycles. The highest BCUT2D eigenvalue weighted by molar-refractivity contribution is 4.93. The van der Waals surface area contributed by atoms with Crippen LogP contribution in [-0.4, -0.2) is 31.1 Å². The van der Waals surface area contributed by atoms with Crippen LogP contribution in [0, 0.1) is 17.3 Å². The summed E-state index contributed by atoms with van der Waals surface area (Å²) in [6, 6.07) is 0. The highest BCUT2D eigenvalue weighted by Crippen LogP contribution is 2.41. The van der Waals surface area contributed by atoms with Crippen molar-refractivity contribution in [2.75, 3.05) is 26.2 Å². The highest BCUT2D eigenvalue weighted by atomic mass is 15.2. The highest BCUT2D eigenvalue weighted by Gasteiger charge is 2.40. The molecule has 17 heavy (non-hydrogen) atoms. The van der Waals surface area contributed by atoms with E-state index in [1.807, 2.05) is 0 Å². The smallest absolute Gasteiger partial charge is 0.00503 e. The van der Waals surface area contributed by atoms with Crippen LogP contribution in [0.25, 0.3) is 0 Å². The molecule has 1 saturated heterocycles. The van der Waals surface area contributed by atoms with Crippen LogP contribution in [0.1, 0.15) is 51.4 Å². The molecule has 2 N–H and O–H groups in total. The van der Waals surface area contributed by atoms with Gasteiger partial charge in [0.1, 0.15) is 0 Å². The summed E-state index contributed by atoms with van der Waals surface area (Å²) in [6.07, 6.45) is 11.5. The zero-order valence-electron chi connectivity index (χ0n) is 11.2. The fraction of sp³-hybridized carbons (Fsp3) is 1.00. The monoisotopic (exact) mass is 236 g/mol. The van der Waals surface area contributed by atoms with Gasteiger partial charge in [-0.2, -0.15) is 0 Å². The van der Waals surface area contributed by atoms with Gasteiger partial charge in [0.25, 0.3) is 0 Å². The molecule has 2 atom stereocenters. The average Bonchev–Trinajstić information content (AvgIpc) is 2.91. The minimum absolute atomic E-state index is 0.483. The molecule has 0 spiro atoms. The maximum absolute atomic E-state index is 6.11. The number of fused-ring (bicyclic) bond motifs is 1. The Balaban J connectivity index is 1.58. The number of hydrogen-bond acceptors (Lipinski definition) is 2. The first-order chi connectivity index (χ1) is 8.31. The largest absolute Gasteiger partial charge is 0.330 e. The van der Waals surface area contributed by atoms with Gasteiger partial charge in [0, 0.05) is 19.6 Å². The molecule has 0 amide bonds. The van der Waals surface area contributed by atoms with Crippen LogP contribution >= 0.6 is 0 Å². The Bertz CT molecular complexity index is 246. The standard InChI is InChI=1S/C15H28N2/c16-11-15(7-2-1-3-8-15)12-17-9-13-5-4-6-14(13)10-17/h13-14H,1-12,16H2. The summed E-state index contributed by atoms with van der Waals surface area (Å²) in [6.45, 7) is 4.98. The number of likely N-dealkylation sites (tertiary alicyclic amines) is 1. The lowest BCUT2D eigenvalue weighted by Gasteiger charge is -2.39. The minimum atomic E-state index is 0.483. The topological polar surface area (TPSA) is 29.3 Å². The maximum atomic E-state index is 6.11. The third-order valence-corrected chi connectivity index (χ3v) is 5.71. The van der Waals surface area contributed by atoms with Gasteiger partial charge < -0.3 is 10.6 Å². The summed E-state index contributed by atoms with van der Waals surface area (Å²) in [5.74, 6) is 2.07. The molecule has 2 saturated carbocycles. The van der Waals surface area contributed by atoms with E-state index in [4.69, 9.17) is 5.73 Å². The van der Waals surface area contributed by atoms with Crippen LogP contribution in [0.4, 0.5) is 0 Å². The van der Waals surface area contributed by atoms with E-state index in [-0.39, 0.29) is 0 Å². The second kappa shape index (κ2) is 4.89. The number of hydrogen-bond donors (Lipinski definition) is 1. The van der Waals surface area contributed by atoms with Crippen molar-refractivity contribution in [3.8, 4) is 0 Å². The van der Waals surface area contributed by atoms with E-state index < -0.39 is 0 Å². The molecule has 3 fully saturated rings. The Labute approximate surface area is 106 Å². The number of nitrogens with zero attached hydrogens (tertiary/aromatic N) is 1. The fourth-order valence-corrected chi connectivity index (χ4v) is 4.66. The van der Waals surface area contributed by atoms with Crippen LogP contribution in [0.5, 0.6) is 0 Å². The molecule has 2 nitrogen and oxygen atoms in total. The van der Waals surface area contributed by atoms with Crippen molar-refractivity contribution in [2.24, 2.45) is 23.0 Å². The van der Waals surface area contributed by atoms with E-state index in [2.05, 4.69) is 4.90 Å². The van der Waals surface area contributed by atoms with Crippen molar-refractivity contribution in [2.45, 2.75) is 51.4 Å². The summed E-state index contributed by atoms with van der Waals surface area (Å²) in [5.41, 5.74) is 6.59. The van der Waals surface area contributed by atoms with Crippen LogP contribution in [0.2, 0.25) is 0 Å². The predicted octanol–water partition coefficient (Wildman–Crippen LogP) is 2.63. The summed E-state index contributed by atoms with van der Waals surface area (Å²) in [5, 5.41) is 0. The first-order valence-electron chi connectivity index (χ1n) is 7.74. The van der Waals surface area contributed by atoms with Crippen molar-refractivity contribution in [3.05, 3.63) is 0 Å². The van der Waals surface area contributed by atoms with Crippen molar-refractivity contribution in [1.82, 2.24) is 4.90 Å². The Morgan fingerprint density at radius 1 is 0.941 bits per heavy atom. The van der Waals surface area contributed by atoms with Crippen LogP contribution < -0.4 is 5.73 Å². The predicted molar refractivity (Wildman–Crippen MR) is 71.8 cm³/mol. The molecule has 0 aromatic heterocycles. The third-order valence-electron chi connectivity index (χ3n) is 5.71. The Morgan fingerprint density at radius 2 is 1.59 bits per heavy atom. The van der Waals surface area contributed by atoms with Crippen LogP contribution in [0.3, 0.4) is 0 Å². The van der Waals surface area contributed by atoms with E-state index in [1.54, 1.807) is 0 Å². The molecule has 2 aliphatic carbocycles. The SMILES string of the molecule is NCC1(CN2CC3CCCC3C2)CCCCC1. The number of rotatable bonds is 3. The minimum Gasteiger partial charge on any atom is -0.330 e. The van der Waals surface area contributed by atoms with Crippen LogP contribution in [-0.2, 0) is 0 Å². The molecule has 0 bridgehead atoms. The van der Waals surface area contributed by atoms with Crippen molar-refractivity contribution in [1.29, 1.82) is 0 Å². The van der Waals surface area contributed by atoms with E-state index in [9.17, 15) is 0 Å². The summed E-state index contributed by atoms with van der Waals surface area (Å²) >= 11 is 0. The third kappa shape index (κ3) is 2.39. The average molecular weight is 236 g/mol. The van der Waals surface area contributed by atoms with Gasteiger partial charge in [-0.25, -0.2) is 0 Å². The lowest BCUT2D eigenvalue weighted by atomic mass is 9.73. The van der Waals surface area contributed by atoms with E-state index >= 15 is 0 Å². The van der Waals surface area contributed by atoms with E-state index in [0.717, 1.165) is 18.4 Å². The molecular weight excluding hydrogens is 208 g/mol. The molecule has 2 unspecified atom stereocenters. The maximum Gasteiger partial charge on any atom is 0.00503 e. The molecule has 0 aromatic rings. The van der Waals surface area contributed by atoms with Crippen LogP contribution in [0.15, 0.2) is 0 Å². The van der Waals surface area contributed by atoms with Gasteiger partial charge in [0.2, 0.25) is 0 Å². The molecular formula is C15H28N2. The number of nitrogens with two attached hydrogens (primary N) is 1. The molecule has 0 radical (unpaired) electrons. The van der Waals surface area contributed by atoms with E-state index in [0.29, 0.717) is 5.41 Å². The summed E-state index contributed by atoms with van der Waals surface area (Å²) in [4.78, 5) is 2.76. The van der Waals surface area contributed by atoms with Crippen molar-refractivity contribution >= 4 is 0 Å². The van der Waals surface area contributed by atoms with Gasteiger partial charge in [-0.3, -0.25) is 0 Å². The Hall–Kier alpha value is -0.0800. The van der Waals surface area contributed by atoms with E-state index in [1.165, 1.54) is 71.0 Å². The quantitative estimate of drug-likeness (QED) is 0.816. The van der Waals surface area contributed by atoms with Gasteiger partial charge in [-0.1, -0.05) is 25.7 Å². The molecule has 0 aromatic carbocycles. The lowest BCUT2D eigenvalue weighted by molar-refractivity contribution is 0.122. The van der Waals surface area contributed by atoms with Gasteiger partial charge in [-0.15, -0.1) is 0 Å². The second-order valence-corrected chi connectivity index (χ2v) is 6.91. The summed E-state index contributed by atoms with van der Waals surface area (Å²) in [7, 11) is 0. The first kappa shape index (κ1) is 12.0. The summed E-state index contributed by atoms with van der Waals surface area (Å²) < 4.78 is 0. The van der Waals surface area contributed by atoms with Crippen molar-refractivity contribution in [3.63, 3.8) is 0 Å². The molecule has 1 heterocycles. The van der Waals surface area contributed by atoms with Gasteiger partial charge in [0.05, 0.1) is 0 Å². The Morgan fingerprint density at radius 3 is 2.18 bits per heavy atom. The lowest BCUT2D eigenvalue weighted by Crippen LogP contribution is -2.43. The molecule has 98 valence electrons. The normalized spacial score (nSPS) is 37.2. The Kier molecular flexibility index (Phi) is 3.45. The molecule has 2 heteroatoms. The molecule has 3 rings (SSSR count). The van der Waals surface area contributed by atoms with Gasteiger partial charge in [-0.05, 0) is 49.5 Å². The zero-order valence-corrected chi connectivity index (χ0v) is 11.2. The van der Waals surface area contributed by atoms with Crippen molar-refractivity contribution < 1.29 is 0 Å². The molecule has 3 aliphatic rings. The fourth-order valence-electron chi connectivity index (χ4n) is 4.66. The van der Waals surface area contributed by atoms with Gasteiger partial charge in [0.15, 0.2) is 0 Å².